The van der Waals surface area contributed by atoms with Crippen molar-refractivity contribution in [2.24, 2.45) is 0 Å². The van der Waals surface area contributed by atoms with Gasteiger partial charge in [-0.15, -0.1) is 11.3 Å². The Labute approximate surface area is 200 Å². The second-order valence-corrected chi connectivity index (χ2v) is 10.8. The zero-order valence-corrected chi connectivity index (χ0v) is 20.5. The first-order valence-corrected chi connectivity index (χ1v) is 13.7. The molecule has 0 radical (unpaired) electrons. The number of hydrogen-bond acceptors (Lipinski definition) is 5. The van der Waals surface area contributed by atoms with E-state index >= 15 is 0 Å². The number of hydrogen-bond donors (Lipinski definition) is 1. The lowest BCUT2D eigenvalue weighted by molar-refractivity contribution is 0.0527. The molecule has 1 N–H and O–H groups in total. The zero-order valence-electron chi connectivity index (χ0n) is 19.7. The predicted octanol–water partition coefficient (Wildman–Crippen LogP) is 6.03. The predicted molar refractivity (Wildman–Crippen MR) is 130 cm³/mol. The largest absolute Gasteiger partial charge is 0.462 e. The summed E-state index contributed by atoms with van der Waals surface area (Å²) in [6, 6.07) is 0.417. The van der Waals surface area contributed by atoms with Gasteiger partial charge in [-0.2, -0.15) is 5.10 Å². The first-order valence-electron chi connectivity index (χ1n) is 12.9. The number of nitrogens with one attached hydrogen (secondary N) is 1. The molecule has 0 aliphatic heterocycles. The van der Waals surface area contributed by atoms with Crippen molar-refractivity contribution in [3.05, 3.63) is 33.0 Å². The summed E-state index contributed by atoms with van der Waals surface area (Å²) in [6.07, 6.45) is 15.5. The summed E-state index contributed by atoms with van der Waals surface area (Å²) in [5.41, 5.74) is 4.62. The molecule has 0 spiro atoms. The van der Waals surface area contributed by atoms with Crippen LogP contribution in [0.25, 0.3) is 0 Å². The maximum Gasteiger partial charge on any atom is 0.341 e. The molecule has 0 bridgehead atoms. The first kappa shape index (κ1) is 22.6. The van der Waals surface area contributed by atoms with E-state index < -0.39 is 0 Å². The Morgan fingerprint density at radius 1 is 0.970 bits per heavy atom. The summed E-state index contributed by atoms with van der Waals surface area (Å²) in [5, 5.41) is 8.67. The molecule has 1 saturated carbocycles. The second kappa shape index (κ2) is 10.00. The van der Waals surface area contributed by atoms with Gasteiger partial charge in [-0.25, -0.2) is 4.79 Å². The maximum absolute atomic E-state index is 13.6. The molecule has 0 atom stereocenters. The van der Waals surface area contributed by atoms with Crippen molar-refractivity contribution < 1.29 is 14.3 Å². The lowest BCUT2D eigenvalue weighted by atomic mass is 9.92. The molecule has 6 nitrogen and oxygen atoms in total. The van der Waals surface area contributed by atoms with Crippen LogP contribution in [0.2, 0.25) is 0 Å². The second-order valence-electron chi connectivity index (χ2n) is 9.66. The van der Waals surface area contributed by atoms with Crippen LogP contribution in [-0.2, 0) is 30.4 Å². The number of fused-ring (bicyclic) bond motifs is 2. The number of aryl methyl sites for hydroxylation is 1. The van der Waals surface area contributed by atoms with Gasteiger partial charge in [0.2, 0.25) is 0 Å². The Morgan fingerprint density at radius 3 is 2.48 bits per heavy atom. The highest BCUT2D eigenvalue weighted by Gasteiger charge is 2.31. The third-order valence-electron chi connectivity index (χ3n) is 7.47. The summed E-state index contributed by atoms with van der Waals surface area (Å²) in [7, 11) is 0. The van der Waals surface area contributed by atoms with Crippen LogP contribution in [-0.4, -0.2) is 28.3 Å². The van der Waals surface area contributed by atoms with Gasteiger partial charge in [0.1, 0.15) is 5.00 Å². The van der Waals surface area contributed by atoms with E-state index in [-0.39, 0.29) is 11.9 Å². The molecule has 178 valence electrons. The number of nitrogens with zero attached hydrogens (tertiary/aromatic N) is 2. The van der Waals surface area contributed by atoms with E-state index in [0.717, 1.165) is 75.3 Å². The Balaban J connectivity index is 1.48. The molecule has 2 aromatic rings. The van der Waals surface area contributed by atoms with Crippen LogP contribution in [0.1, 0.15) is 120 Å². The van der Waals surface area contributed by atoms with Crippen LogP contribution < -0.4 is 5.32 Å². The molecular formula is C26H35N3O3S. The number of anilines is 1. The normalized spacial score (nSPS) is 18.8. The summed E-state index contributed by atoms with van der Waals surface area (Å²) >= 11 is 1.56. The number of rotatable bonds is 5. The van der Waals surface area contributed by atoms with E-state index in [1.54, 1.807) is 11.3 Å². The van der Waals surface area contributed by atoms with E-state index in [0.29, 0.717) is 28.9 Å². The Hall–Kier alpha value is -2.15. The number of carbonyl (C=O) groups excluding carboxylic acids is 2. The number of ether oxygens (including phenoxy) is 1. The van der Waals surface area contributed by atoms with Crippen molar-refractivity contribution in [3.63, 3.8) is 0 Å². The van der Waals surface area contributed by atoms with E-state index in [9.17, 15) is 9.59 Å². The van der Waals surface area contributed by atoms with Crippen molar-refractivity contribution in [1.82, 2.24) is 9.78 Å². The van der Waals surface area contributed by atoms with Gasteiger partial charge in [0.25, 0.3) is 5.91 Å². The average Bonchev–Trinajstić information content (AvgIpc) is 3.30. The van der Waals surface area contributed by atoms with Crippen LogP contribution in [0.4, 0.5) is 5.00 Å². The fourth-order valence-corrected chi connectivity index (χ4v) is 7.12. The average molecular weight is 470 g/mol. The minimum Gasteiger partial charge on any atom is -0.462 e. The van der Waals surface area contributed by atoms with Gasteiger partial charge in [-0.3, -0.25) is 9.48 Å². The first-order chi connectivity index (χ1) is 16.2. The molecule has 3 aliphatic rings. The molecule has 7 heteroatoms. The van der Waals surface area contributed by atoms with Crippen molar-refractivity contribution in [2.45, 2.75) is 103 Å². The molecule has 1 amide bonds. The lowest BCUT2D eigenvalue weighted by Crippen LogP contribution is -2.19. The molecular weight excluding hydrogens is 434 g/mol. The van der Waals surface area contributed by atoms with Crippen molar-refractivity contribution in [2.75, 3.05) is 11.9 Å². The van der Waals surface area contributed by atoms with Gasteiger partial charge in [0.15, 0.2) is 5.69 Å². The van der Waals surface area contributed by atoms with Gasteiger partial charge in [0.05, 0.1) is 18.2 Å². The van der Waals surface area contributed by atoms with Gasteiger partial charge in [0, 0.05) is 16.1 Å². The smallest absolute Gasteiger partial charge is 0.341 e. The monoisotopic (exact) mass is 469 g/mol. The fraction of sp³-hybridized carbons (Fsp3) is 0.654. The highest BCUT2D eigenvalue weighted by atomic mass is 32.1. The summed E-state index contributed by atoms with van der Waals surface area (Å²) < 4.78 is 7.58. The van der Waals surface area contributed by atoms with Gasteiger partial charge < -0.3 is 10.1 Å². The van der Waals surface area contributed by atoms with Crippen molar-refractivity contribution in [1.29, 1.82) is 0 Å². The quantitative estimate of drug-likeness (QED) is 0.429. The Morgan fingerprint density at radius 2 is 1.67 bits per heavy atom. The van der Waals surface area contributed by atoms with E-state index in [2.05, 4.69) is 10.00 Å². The van der Waals surface area contributed by atoms with E-state index in [4.69, 9.17) is 9.84 Å². The van der Waals surface area contributed by atoms with Crippen LogP contribution in [0.5, 0.6) is 0 Å². The number of aromatic nitrogens is 2. The van der Waals surface area contributed by atoms with Crippen LogP contribution >= 0.6 is 11.3 Å². The minimum absolute atomic E-state index is 0.176. The van der Waals surface area contributed by atoms with Crippen molar-refractivity contribution in [3.8, 4) is 0 Å². The number of carbonyl (C=O) groups is 2. The summed E-state index contributed by atoms with van der Waals surface area (Å²) in [6.45, 7) is 2.15. The maximum atomic E-state index is 13.6. The summed E-state index contributed by atoms with van der Waals surface area (Å²) in [5.74, 6) is -0.494. The summed E-state index contributed by atoms with van der Waals surface area (Å²) in [4.78, 5) is 27.7. The Bertz CT molecular complexity index is 1030. The Kier molecular flexibility index (Phi) is 6.86. The zero-order chi connectivity index (χ0) is 22.8. The van der Waals surface area contributed by atoms with E-state index in [1.807, 2.05) is 6.92 Å². The van der Waals surface area contributed by atoms with Gasteiger partial charge >= 0.3 is 5.97 Å². The molecule has 2 aromatic heterocycles. The van der Waals surface area contributed by atoms with Gasteiger partial charge in [-0.1, -0.05) is 25.7 Å². The third kappa shape index (κ3) is 4.48. The molecule has 2 heterocycles. The minimum atomic E-state index is -0.318. The fourth-order valence-electron chi connectivity index (χ4n) is 5.85. The van der Waals surface area contributed by atoms with Crippen LogP contribution in [0.15, 0.2) is 0 Å². The molecule has 0 saturated heterocycles. The van der Waals surface area contributed by atoms with Gasteiger partial charge in [-0.05, 0) is 76.7 Å². The lowest BCUT2D eigenvalue weighted by Gasteiger charge is -2.25. The van der Waals surface area contributed by atoms with Crippen LogP contribution in [0, 0.1) is 0 Å². The number of esters is 1. The van der Waals surface area contributed by atoms with Crippen molar-refractivity contribution >= 4 is 28.2 Å². The van der Waals surface area contributed by atoms with Crippen LogP contribution in [0.3, 0.4) is 0 Å². The molecule has 5 rings (SSSR count). The molecule has 1 fully saturated rings. The molecule has 0 unspecified atom stereocenters. The molecule has 33 heavy (non-hydrogen) atoms. The van der Waals surface area contributed by atoms with E-state index in [1.165, 1.54) is 36.3 Å². The number of amides is 1. The highest BCUT2D eigenvalue weighted by molar-refractivity contribution is 7.17. The molecule has 0 aromatic carbocycles. The highest BCUT2D eigenvalue weighted by Crippen LogP contribution is 2.39. The SMILES string of the molecule is CCOC(=O)c1c(NC(=O)c2nn(C3CCCCC3)c3c2CCCC3)sc2c1CCCCC2. The standard InChI is InChI=1S/C26H35N3O3S/c1-2-32-26(31)22-19-14-7-4-8-16-21(19)33-25(22)27-24(30)23-18-13-9-10-15-20(18)29(28-23)17-11-5-3-6-12-17/h17H,2-16H2,1H3,(H,27,30). The number of thiophene rings is 1. The third-order valence-corrected chi connectivity index (χ3v) is 8.68. The topological polar surface area (TPSA) is 73.2 Å². The molecule has 3 aliphatic carbocycles.